The third-order valence-corrected chi connectivity index (χ3v) is 25.9. The highest BCUT2D eigenvalue weighted by Crippen LogP contribution is 2.54. The largest absolute Gasteiger partial charge is 0.310 e. The molecule has 0 N–H and O–H groups in total. The zero-order chi connectivity index (χ0) is 72.9. The first-order valence-electron chi connectivity index (χ1n) is 37.9. The van der Waals surface area contributed by atoms with Gasteiger partial charge in [0.1, 0.15) is 0 Å². The Morgan fingerprint density at radius 1 is 0.307 bits per heavy atom. The summed E-state index contributed by atoms with van der Waals surface area (Å²) < 4.78 is 54.0. The van der Waals surface area contributed by atoms with Gasteiger partial charge in [-0.1, -0.05) is 335 Å². The third-order valence-electron chi connectivity index (χ3n) is 21.1. The number of para-hydroxylation sites is 2. The van der Waals surface area contributed by atoms with Crippen molar-refractivity contribution in [1.82, 2.24) is 4.57 Å². The number of hydrogen-bond donors (Lipinski definition) is 0. The van der Waals surface area contributed by atoms with Crippen LogP contribution >= 0.6 is 0 Å². The highest BCUT2D eigenvalue weighted by Gasteiger charge is 2.47. The van der Waals surface area contributed by atoms with Crippen molar-refractivity contribution in [2.45, 2.75) is 39.9 Å². The molecule has 0 atom stereocenters. The minimum absolute atomic E-state index is 0.178. The fraction of sp³-hybridized carbons (Fsp3) is 0.0625. The Labute approximate surface area is 602 Å². The molecular formula is C96H74BN3Si. The van der Waals surface area contributed by atoms with Crippen molar-refractivity contribution in [3.05, 3.63) is 375 Å². The van der Waals surface area contributed by atoms with Crippen LogP contribution in [0.3, 0.4) is 0 Å². The van der Waals surface area contributed by atoms with Gasteiger partial charge in [0.05, 0.1) is 22.4 Å². The van der Waals surface area contributed by atoms with Gasteiger partial charge in [-0.25, -0.2) is 0 Å². The molecule has 5 heteroatoms. The van der Waals surface area contributed by atoms with Crippen LogP contribution in [0.2, 0.25) is 0 Å². The molecule has 101 heavy (non-hydrogen) atoms. The van der Waals surface area contributed by atoms with Gasteiger partial charge >= 0.3 is 0 Å². The number of hydrogen-bond acceptors (Lipinski definition) is 2. The lowest BCUT2D eigenvalue weighted by atomic mass is 9.33. The van der Waals surface area contributed by atoms with E-state index in [1.807, 2.05) is 12.1 Å². The van der Waals surface area contributed by atoms with Crippen molar-refractivity contribution < 1.29 is 8.22 Å². The van der Waals surface area contributed by atoms with Gasteiger partial charge < -0.3 is 14.4 Å². The first-order chi connectivity index (χ1) is 52.0. The standard InChI is InChI=1S/C96H74BN3Si/c1-65-47-56-87-83(59-65)84-60-66(2)48-57-88(84)98(87)74-52-55-85-90(64-74)100(95-81(70-33-17-8-18-34-70)45-28-46-82(95)71-35-19-9-20-36-71)92-63-73(96(3,4)5)62-91-93(92)97(85)86-61-72(51-58-89(86)99(91)94-79(68-29-13-6-14-30-68)43-27-44-80(94)69-31-15-7-16-32-69)67-49-53-78(54-50-67)101(75-37-21-10-22-38-75,76-39-23-11-24-40-76)77-41-25-12-26-42-77/h6-64H,1-5H3/i1D3,2D3. The number of aryl methyl sites for hydroxylation is 2. The molecule has 0 bridgehead atoms. The van der Waals surface area contributed by atoms with Gasteiger partial charge in [-0.2, -0.15) is 0 Å². The summed E-state index contributed by atoms with van der Waals surface area (Å²) in [5.74, 6) is 0. The molecule has 15 aromatic carbocycles. The quantitative estimate of drug-likeness (QED) is 0.0892. The third kappa shape index (κ3) is 10.2. The summed E-state index contributed by atoms with van der Waals surface area (Å²) in [4.78, 5) is 5.17. The predicted octanol–water partition coefficient (Wildman–Crippen LogP) is 20.5. The van der Waals surface area contributed by atoms with E-state index in [1.54, 1.807) is 24.3 Å². The van der Waals surface area contributed by atoms with Crippen molar-refractivity contribution in [3.63, 3.8) is 0 Å². The van der Waals surface area contributed by atoms with Crippen molar-refractivity contribution in [3.8, 4) is 61.3 Å². The van der Waals surface area contributed by atoms with Crippen LogP contribution in [0.1, 0.15) is 45.7 Å². The van der Waals surface area contributed by atoms with Crippen LogP contribution in [-0.2, 0) is 5.41 Å². The summed E-state index contributed by atoms with van der Waals surface area (Å²) in [5, 5.41) is 6.53. The molecule has 0 saturated heterocycles. The maximum absolute atomic E-state index is 8.63. The first kappa shape index (κ1) is 54.9. The molecular weight excluding hydrogens is 1230 g/mol. The monoisotopic (exact) mass is 1310 g/mol. The maximum atomic E-state index is 8.63. The van der Waals surface area contributed by atoms with Gasteiger partial charge in [0.25, 0.3) is 6.71 Å². The van der Waals surface area contributed by atoms with Crippen molar-refractivity contribution >= 4 is 108 Å². The number of anilines is 6. The molecule has 18 rings (SSSR count). The van der Waals surface area contributed by atoms with Gasteiger partial charge in [0, 0.05) is 69.7 Å². The molecule has 0 saturated carbocycles. The lowest BCUT2D eigenvalue weighted by Gasteiger charge is -2.46. The molecule has 0 amide bonds. The van der Waals surface area contributed by atoms with Crippen LogP contribution in [0, 0.1) is 13.7 Å². The second-order valence-electron chi connectivity index (χ2n) is 27.9. The summed E-state index contributed by atoms with van der Waals surface area (Å²) in [6.45, 7) is 1.76. The van der Waals surface area contributed by atoms with Crippen LogP contribution in [0.15, 0.2) is 358 Å². The average Bonchev–Trinajstić information content (AvgIpc) is 0.934. The van der Waals surface area contributed by atoms with Crippen LogP contribution in [0.4, 0.5) is 34.1 Å². The van der Waals surface area contributed by atoms with E-state index in [-0.39, 0.29) is 23.3 Å². The van der Waals surface area contributed by atoms with Crippen molar-refractivity contribution in [2.24, 2.45) is 0 Å². The molecule has 0 fully saturated rings. The van der Waals surface area contributed by atoms with Gasteiger partial charge in [-0.3, -0.25) is 0 Å². The van der Waals surface area contributed by atoms with E-state index >= 15 is 0 Å². The fourth-order valence-electron chi connectivity index (χ4n) is 16.5. The SMILES string of the molecule is [2H]C([2H])([2H])c1ccc2c(c1)c1cc(C([2H])([2H])[2H])ccc1n2-c1ccc2c(c1)N(c1c(-c3ccccc3)cccc1-c1ccccc1)c1cc(C(C)(C)C)cc3c1B2c1cc(-c2ccc([Si](c4ccccc4)(c4ccccc4)c4ccccc4)cc2)ccc1N3c1c(-c2ccccc2)cccc1-c1ccccc1. The zero-order valence-corrected chi connectivity index (χ0v) is 57.5. The van der Waals surface area contributed by atoms with E-state index in [0.29, 0.717) is 10.8 Å². The van der Waals surface area contributed by atoms with Crippen molar-refractivity contribution in [2.75, 3.05) is 9.80 Å². The second kappa shape index (κ2) is 24.8. The highest BCUT2D eigenvalue weighted by molar-refractivity contribution is 7.20. The Balaban J connectivity index is 0.965. The molecule has 0 aliphatic carbocycles. The summed E-state index contributed by atoms with van der Waals surface area (Å²) in [7, 11) is -2.89. The average molecular weight is 1310 g/mol. The summed E-state index contributed by atoms with van der Waals surface area (Å²) in [6, 6.07) is 129. The van der Waals surface area contributed by atoms with E-state index in [2.05, 4.69) is 357 Å². The highest BCUT2D eigenvalue weighted by atomic mass is 28.3. The molecule has 0 spiro atoms. The molecule has 2 aliphatic heterocycles. The maximum Gasteiger partial charge on any atom is 0.252 e. The van der Waals surface area contributed by atoms with Crippen LogP contribution in [0.25, 0.3) is 83.1 Å². The second-order valence-corrected chi connectivity index (χ2v) is 31.7. The van der Waals surface area contributed by atoms with E-state index in [4.69, 9.17) is 8.22 Å². The van der Waals surface area contributed by atoms with Crippen molar-refractivity contribution in [1.29, 1.82) is 0 Å². The smallest absolute Gasteiger partial charge is 0.252 e. The Bertz CT molecular complexity index is 5780. The number of aromatic nitrogens is 1. The van der Waals surface area contributed by atoms with Gasteiger partial charge in [0.2, 0.25) is 0 Å². The van der Waals surface area contributed by atoms with Crippen LogP contribution in [-0.4, -0.2) is 19.4 Å². The lowest BCUT2D eigenvalue weighted by Crippen LogP contribution is -2.74. The topological polar surface area (TPSA) is 11.4 Å². The molecule has 2 aliphatic rings. The number of fused-ring (bicyclic) bond motifs is 7. The molecule has 0 unspecified atom stereocenters. The minimum atomic E-state index is -2.89. The van der Waals surface area contributed by atoms with E-state index in [9.17, 15) is 0 Å². The van der Waals surface area contributed by atoms with Crippen LogP contribution in [0.5, 0.6) is 0 Å². The van der Waals surface area contributed by atoms with E-state index in [0.717, 1.165) is 128 Å². The Hall–Kier alpha value is -12.0. The number of nitrogens with zero attached hydrogens (tertiary/aromatic N) is 3. The summed E-state index contributed by atoms with van der Waals surface area (Å²) in [5.41, 5.74) is 23.8. The Morgan fingerprint density at radius 2 is 0.703 bits per heavy atom. The number of rotatable bonds is 12. The molecule has 3 nitrogen and oxygen atoms in total. The summed E-state index contributed by atoms with van der Waals surface area (Å²) in [6.07, 6.45) is 0. The normalized spacial score (nSPS) is 13.7. The minimum Gasteiger partial charge on any atom is -0.310 e. The van der Waals surface area contributed by atoms with Gasteiger partial charge in [-0.05, 0) is 150 Å². The number of benzene rings is 15. The molecule has 480 valence electrons. The van der Waals surface area contributed by atoms with Gasteiger partial charge in [-0.15, -0.1) is 0 Å². The lowest BCUT2D eigenvalue weighted by molar-refractivity contribution is 0.590. The molecule has 16 aromatic rings. The fourth-order valence-corrected chi connectivity index (χ4v) is 21.2. The predicted molar refractivity (Wildman–Crippen MR) is 434 cm³/mol. The Kier molecular flexibility index (Phi) is 13.5. The molecule has 0 radical (unpaired) electrons. The van der Waals surface area contributed by atoms with E-state index in [1.165, 1.54) is 20.7 Å². The van der Waals surface area contributed by atoms with E-state index < -0.39 is 21.8 Å². The summed E-state index contributed by atoms with van der Waals surface area (Å²) >= 11 is 0. The zero-order valence-electron chi connectivity index (χ0n) is 62.5. The van der Waals surface area contributed by atoms with Gasteiger partial charge in [0.15, 0.2) is 8.07 Å². The molecule has 1 aromatic heterocycles. The first-order valence-corrected chi connectivity index (χ1v) is 36.9. The van der Waals surface area contributed by atoms with Crippen LogP contribution < -0.4 is 46.9 Å². The Morgan fingerprint density at radius 3 is 1.12 bits per heavy atom. The molecule has 3 heterocycles.